The molecular formula is C19H20FN5O2. The summed E-state index contributed by atoms with van der Waals surface area (Å²) in [5.41, 5.74) is 2.71. The summed E-state index contributed by atoms with van der Waals surface area (Å²) in [5, 5.41) is 8.42. The molecule has 1 atom stereocenters. The molecule has 0 bridgehead atoms. The lowest BCUT2D eigenvalue weighted by Gasteiger charge is -2.31. The fourth-order valence-corrected chi connectivity index (χ4v) is 3.68. The SMILES string of the molecule is Cc1nn(-c2ccc(F)cc2)c(C)c1C(=O)N1CCCC(c2ncon2)C1. The molecular weight excluding hydrogens is 349 g/mol. The van der Waals surface area contributed by atoms with Gasteiger partial charge >= 0.3 is 0 Å². The second-order valence-corrected chi connectivity index (χ2v) is 6.81. The molecule has 1 aliphatic rings. The van der Waals surface area contributed by atoms with Gasteiger partial charge in [-0.3, -0.25) is 4.79 Å². The molecule has 1 fully saturated rings. The molecule has 1 unspecified atom stereocenters. The van der Waals surface area contributed by atoms with E-state index >= 15 is 0 Å². The standard InChI is InChI=1S/C19H20FN5O2/c1-12-17(13(2)25(22-12)16-7-5-15(20)6-8-16)19(26)24-9-3-4-14(10-24)18-21-11-27-23-18/h5-8,11,14H,3-4,9-10H2,1-2H3. The number of carbonyl (C=O) groups excluding carboxylic acids is 1. The first-order chi connectivity index (χ1) is 13.0. The van der Waals surface area contributed by atoms with E-state index in [2.05, 4.69) is 15.2 Å². The number of aryl methyl sites for hydroxylation is 1. The monoisotopic (exact) mass is 369 g/mol. The Kier molecular flexibility index (Phi) is 4.47. The van der Waals surface area contributed by atoms with Crippen LogP contribution in [-0.2, 0) is 0 Å². The van der Waals surface area contributed by atoms with E-state index in [1.165, 1.54) is 18.5 Å². The number of likely N-dealkylation sites (tertiary alicyclic amines) is 1. The molecule has 1 aromatic carbocycles. The molecule has 1 saturated heterocycles. The Morgan fingerprint density at radius 2 is 2.04 bits per heavy atom. The van der Waals surface area contributed by atoms with E-state index in [0.29, 0.717) is 30.2 Å². The molecule has 0 saturated carbocycles. The largest absolute Gasteiger partial charge is 0.343 e. The van der Waals surface area contributed by atoms with Crippen LogP contribution in [0.4, 0.5) is 4.39 Å². The highest BCUT2D eigenvalue weighted by Crippen LogP contribution is 2.27. The van der Waals surface area contributed by atoms with E-state index in [9.17, 15) is 9.18 Å². The number of rotatable bonds is 3. The number of halogens is 1. The Labute approximate surface area is 155 Å². The molecule has 0 N–H and O–H groups in total. The molecule has 0 aliphatic carbocycles. The molecule has 3 aromatic rings. The molecule has 0 spiro atoms. The Morgan fingerprint density at radius 3 is 2.74 bits per heavy atom. The van der Waals surface area contributed by atoms with Gasteiger partial charge in [-0.05, 0) is 51.0 Å². The topological polar surface area (TPSA) is 77.0 Å². The highest BCUT2D eigenvalue weighted by Gasteiger charge is 2.30. The Bertz CT molecular complexity index is 949. The normalized spacial score (nSPS) is 17.3. The number of benzene rings is 1. The van der Waals surface area contributed by atoms with Gasteiger partial charge in [-0.1, -0.05) is 5.16 Å². The predicted molar refractivity (Wildman–Crippen MR) is 95.2 cm³/mol. The number of hydrogen-bond donors (Lipinski definition) is 0. The molecule has 1 amide bonds. The maximum Gasteiger partial charge on any atom is 0.257 e. The molecule has 2 aromatic heterocycles. The number of nitrogens with zero attached hydrogens (tertiary/aromatic N) is 5. The first kappa shape index (κ1) is 17.4. The Hall–Kier alpha value is -3.03. The average Bonchev–Trinajstić information content (AvgIpc) is 3.31. The van der Waals surface area contributed by atoms with Crippen molar-refractivity contribution in [1.29, 1.82) is 0 Å². The summed E-state index contributed by atoms with van der Waals surface area (Å²) in [7, 11) is 0. The van der Waals surface area contributed by atoms with Crippen molar-refractivity contribution in [2.45, 2.75) is 32.6 Å². The van der Waals surface area contributed by atoms with Crippen LogP contribution in [0.1, 0.15) is 46.3 Å². The van der Waals surface area contributed by atoms with E-state index in [1.807, 2.05) is 18.7 Å². The fraction of sp³-hybridized carbons (Fsp3) is 0.368. The van der Waals surface area contributed by atoms with Gasteiger partial charge in [0.15, 0.2) is 5.82 Å². The van der Waals surface area contributed by atoms with Crippen LogP contribution < -0.4 is 0 Å². The Balaban J connectivity index is 1.61. The number of piperidine rings is 1. The molecule has 0 radical (unpaired) electrons. The third-order valence-electron chi connectivity index (χ3n) is 5.03. The molecule has 4 rings (SSSR count). The number of hydrogen-bond acceptors (Lipinski definition) is 5. The summed E-state index contributed by atoms with van der Waals surface area (Å²) < 4.78 is 19.7. The van der Waals surface area contributed by atoms with Gasteiger partial charge in [0.05, 0.1) is 22.6 Å². The highest BCUT2D eigenvalue weighted by molar-refractivity contribution is 5.96. The van der Waals surface area contributed by atoms with Crippen LogP contribution in [0.25, 0.3) is 5.69 Å². The summed E-state index contributed by atoms with van der Waals surface area (Å²) in [6.45, 7) is 4.92. The van der Waals surface area contributed by atoms with Crippen molar-refractivity contribution in [1.82, 2.24) is 24.8 Å². The van der Waals surface area contributed by atoms with Crippen molar-refractivity contribution in [3.8, 4) is 5.69 Å². The van der Waals surface area contributed by atoms with Gasteiger partial charge in [-0.25, -0.2) is 9.07 Å². The summed E-state index contributed by atoms with van der Waals surface area (Å²) >= 11 is 0. The zero-order valence-electron chi connectivity index (χ0n) is 15.2. The van der Waals surface area contributed by atoms with Crippen LogP contribution in [-0.4, -0.2) is 43.8 Å². The van der Waals surface area contributed by atoms with Gasteiger partial charge in [0.1, 0.15) is 5.82 Å². The van der Waals surface area contributed by atoms with Crippen molar-refractivity contribution < 1.29 is 13.7 Å². The Morgan fingerprint density at radius 1 is 1.26 bits per heavy atom. The minimum Gasteiger partial charge on any atom is -0.343 e. The van der Waals surface area contributed by atoms with Crippen LogP contribution in [0.3, 0.4) is 0 Å². The summed E-state index contributed by atoms with van der Waals surface area (Å²) in [6, 6.07) is 6.06. The molecule has 8 heteroatoms. The van der Waals surface area contributed by atoms with Gasteiger partial charge < -0.3 is 9.42 Å². The van der Waals surface area contributed by atoms with Gasteiger partial charge in [-0.2, -0.15) is 10.1 Å². The van der Waals surface area contributed by atoms with Gasteiger partial charge in [0.2, 0.25) is 6.39 Å². The number of carbonyl (C=O) groups is 1. The summed E-state index contributed by atoms with van der Waals surface area (Å²) in [5.74, 6) is 0.362. The third kappa shape index (κ3) is 3.22. The van der Waals surface area contributed by atoms with E-state index in [1.54, 1.807) is 16.8 Å². The summed E-state index contributed by atoms with van der Waals surface area (Å²) in [6.07, 6.45) is 3.13. The quantitative estimate of drug-likeness (QED) is 0.709. The first-order valence-electron chi connectivity index (χ1n) is 8.92. The van der Waals surface area contributed by atoms with Gasteiger partial charge in [0, 0.05) is 19.0 Å². The van der Waals surface area contributed by atoms with Crippen LogP contribution >= 0.6 is 0 Å². The third-order valence-corrected chi connectivity index (χ3v) is 5.03. The van der Waals surface area contributed by atoms with E-state index in [-0.39, 0.29) is 17.6 Å². The van der Waals surface area contributed by atoms with Crippen molar-refractivity contribution in [3.05, 3.63) is 59.3 Å². The van der Waals surface area contributed by atoms with Crippen LogP contribution in [0, 0.1) is 19.7 Å². The van der Waals surface area contributed by atoms with Crippen molar-refractivity contribution in [3.63, 3.8) is 0 Å². The first-order valence-corrected chi connectivity index (χ1v) is 8.92. The van der Waals surface area contributed by atoms with E-state index in [0.717, 1.165) is 24.2 Å². The van der Waals surface area contributed by atoms with Crippen LogP contribution in [0.15, 0.2) is 35.2 Å². The second-order valence-electron chi connectivity index (χ2n) is 6.81. The fourth-order valence-electron chi connectivity index (χ4n) is 3.68. The van der Waals surface area contributed by atoms with Crippen molar-refractivity contribution in [2.24, 2.45) is 0 Å². The minimum atomic E-state index is -0.308. The second kappa shape index (κ2) is 6.94. The molecule has 3 heterocycles. The zero-order chi connectivity index (χ0) is 19.0. The van der Waals surface area contributed by atoms with Crippen LogP contribution in [0.2, 0.25) is 0 Å². The minimum absolute atomic E-state index is 0.0495. The van der Waals surface area contributed by atoms with Gasteiger partial charge in [-0.15, -0.1) is 0 Å². The zero-order valence-corrected chi connectivity index (χ0v) is 15.2. The smallest absolute Gasteiger partial charge is 0.257 e. The van der Waals surface area contributed by atoms with E-state index < -0.39 is 0 Å². The van der Waals surface area contributed by atoms with Crippen molar-refractivity contribution in [2.75, 3.05) is 13.1 Å². The maximum atomic E-state index is 13.2. The number of amides is 1. The summed E-state index contributed by atoms with van der Waals surface area (Å²) in [4.78, 5) is 19.2. The maximum absolute atomic E-state index is 13.2. The highest BCUT2D eigenvalue weighted by atomic mass is 19.1. The van der Waals surface area contributed by atoms with Crippen LogP contribution in [0.5, 0.6) is 0 Å². The molecule has 27 heavy (non-hydrogen) atoms. The lowest BCUT2D eigenvalue weighted by atomic mass is 9.96. The average molecular weight is 369 g/mol. The molecule has 1 aliphatic heterocycles. The predicted octanol–water partition coefficient (Wildman–Crippen LogP) is 3.03. The molecule has 7 nitrogen and oxygen atoms in total. The van der Waals surface area contributed by atoms with Crippen molar-refractivity contribution >= 4 is 5.91 Å². The van der Waals surface area contributed by atoms with Gasteiger partial charge in [0.25, 0.3) is 5.91 Å². The lowest BCUT2D eigenvalue weighted by Crippen LogP contribution is -2.39. The van der Waals surface area contributed by atoms with E-state index in [4.69, 9.17) is 4.52 Å². The number of aromatic nitrogens is 4. The lowest BCUT2D eigenvalue weighted by molar-refractivity contribution is 0.0702. The molecule has 140 valence electrons.